The topological polar surface area (TPSA) is 67.6 Å². The van der Waals surface area contributed by atoms with Gasteiger partial charge in [-0.15, -0.1) is 0 Å². The van der Waals surface area contributed by atoms with Crippen molar-refractivity contribution < 1.29 is 9.66 Å². The molecular weight excluding hydrogens is 174 g/mol. The predicted molar refractivity (Wildman–Crippen MR) is 46.5 cm³/mol. The van der Waals surface area contributed by atoms with E-state index in [1.54, 1.807) is 7.05 Å². The summed E-state index contributed by atoms with van der Waals surface area (Å²) in [6.45, 7) is 2.63. The molecule has 1 rings (SSSR count). The molecule has 0 bridgehead atoms. The minimum atomic E-state index is -0.457. The molecule has 0 unspecified atom stereocenters. The monoisotopic (exact) mass is 187 g/mol. The Hall–Kier alpha value is -1.30. The lowest BCUT2D eigenvalue weighted by Gasteiger charge is -2.28. The van der Waals surface area contributed by atoms with Crippen LogP contribution in [-0.2, 0) is 4.74 Å². The predicted octanol–water partition coefficient (Wildman–Crippen LogP) is -0.386. The van der Waals surface area contributed by atoms with Gasteiger partial charge >= 0.3 is 0 Å². The number of hydrogen-bond acceptors (Lipinski definition) is 5. The Morgan fingerprint density at radius 3 is 2.69 bits per heavy atom. The Balaban J connectivity index is 2.58. The van der Waals surface area contributed by atoms with Gasteiger partial charge in [0.15, 0.2) is 5.82 Å². The highest BCUT2D eigenvalue weighted by Gasteiger charge is 2.14. The molecule has 0 aromatic carbocycles. The van der Waals surface area contributed by atoms with E-state index in [2.05, 4.69) is 5.32 Å². The molecule has 0 aliphatic carbocycles. The minimum absolute atomic E-state index is 0.457. The van der Waals surface area contributed by atoms with E-state index in [0.29, 0.717) is 32.1 Å². The molecule has 74 valence electrons. The third-order valence-electron chi connectivity index (χ3n) is 1.84. The summed E-state index contributed by atoms with van der Waals surface area (Å²) in [6, 6.07) is 0. The maximum Gasteiger partial charge on any atom is 0.274 e. The second-order valence-corrected chi connectivity index (χ2v) is 2.65. The summed E-state index contributed by atoms with van der Waals surface area (Å²) in [5.74, 6) is 0.535. The van der Waals surface area contributed by atoms with Crippen molar-refractivity contribution in [3.8, 4) is 0 Å². The van der Waals surface area contributed by atoms with Crippen molar-refractivity contribution in [1.29, 1.82) is 0 Å². The Morgan fingerprint density at radius 2 is 2.23 bits per heavy atom. The van der Waals surface area contributed by atoms with Crippen LogP contribution in [0.1, 0.15) is 0 Å². The molecule has 6 heteroatoms. The fraction of sp³-hybridized carbons (Fsp3) is 0.714. The molecule has 13 heavy (non-hydrogen) atoms. The summed E-state index contributed by atoms with van der Waals surface area (Å²) in [7, 11) is 1.67. The fourth-order valence-corrected chi connectivity index (χ4v) is 1.21. The van der Waals surface area contributed by atoms with Crippen LogP contribution < -0.4 is 5.32 Å². The van der Waals surface area contributed by atoms with Crippen LogP contribution in [0.2, 0.25) is 0 Å². The van der Waals surface area contributed by atoms with Crippen molar-refractivity contribution in [3.63, 3.8) is 0 Å². The lowest BCUT2D eigenvalue weighted by atomic mass is 10.4. The van der Waals surface area contributed by atoms with Crippen molar-refractivity contribution in [2.45, 2.75) is 0 Å². The zero-order valence-electron chi connectivity index (χ0n) is 7.52. The van der Waals surface area contributed by atoms with Gasteiger partial charge in [-0.2, -0.15) is 0 Å². The molecule has 0 amide bonds. The van der Waals surface area contributed by atoms with Crippen LogP contribution in [0, 0.1) is 10.1 Å². The molecule has 0 atom stereocenters. The first-order chi connectivity index (χ1) is 6.24. The Bertz CT molecular complexity index is 211. The van der Waals surface area contributed by atoms with Gasteiger partial charge in [-0.3, -0.25) is 10.1 Å². The molecule has 0 saturated carbocycles. The number of nitrogens with zero attached hydrogens (tertiary/aromatic N) is 2. The SMILES string of the molecule is CNC(=C[N+](=O)[O-])N1CCOCC1. The van der Waals surface area contributed by atoms with Crippen molar-refractivity contribution in [3.05, 3.63) is 22.1 Å². The van der Waals surface area contributed by atoms with Gasteiger partial charge in [-0.1, -0.05) is 0 Å². The zero-order chi connectivity index (χ0) is 9.68. The van der Waals surface area contributed by atoms with E-state index >= 15 is 0 Å². The summed E-state index contributed by atoms with van der Waals surface area (Å²) in [6.07, 6.45) is 0.977. The molecule has 0 spiro atoms. The molecule has 1 aliphatic heterocycles. The number of ether oxygens (including phenoxy) is 1. The number of hydrogen-bond donors (Lipinski definition) is 1. The van der Waals surface area contributed by atoms with Crippen molar-refractivity contribution in [2.75, 3.05) is 33.4 Å². The largest absolute Gasteiger partial charge is 0.378 e. The minimum Gasteiger partial charge on any atom is -0.378 e. The molecular formula is C7H13N3O3. The number of nitrogens with one attached hydrogen (secondary N) is 1. The second kappa shape index (κ2) is 4.66. The van der Waals surface area contributed by atoms with Gasteiger partial charge in [-0.05, 0) is 0 Å². The number of nitro groups is 1. The third kappa shape index (κ3) is 2.90. The van der Waals surface area contributed by atoms with Crippen molar-refractivity contribution >= 4 is 0 Å². The van der Waals surface area contributed by atoms with Crippen molar-refractivity contribution in [2.24, 2.45) is 0 Å². The van der Waals surface area contributed by atoms with E-state index in [1.807, 2.05) is 4.90 Å². The highest BCUT2D eigenvalue weighted by atomic mass is 16.6. The zero-order valence-corrected chi connectivity index (χ0v) is 7.52. The van der Waals surface area contributed by atoms with Gasteiger partial charge in [0.05, 0.1) is 18.1 Å². The van der Waals surface area contributed by atoms with Gasteiger partial charge in [-0.25, -0.2) is 0 Å². The summed E-state index contributed by atoms with van der Waals surface area (Å²) < 4.78 is 5.13. The Labute approximate surface area is 76.3 Å². The second-order valence-electron chi connectivity index (χ2n) is 2.65. The van der Waals surface area contributed by atoms with Gasteiger partial charge in [0.2, 0.25) is 0 Å². The maximum atomic E-state index is 10.2. The molecule has 0 aromatic heterocycles. The highest BCUT2D eigenvalue weighted by molar-refractivity contribution is 4.94. The molecule has 1 heterocycles. The van der Waals surface area contributed by atoms with Crippen LogP contribution in [0.25, 0.3) is 0 Å². The average molecular weight is 187 g/mol. The smallest absolute Gasteiger partial charge is 0.274 e. The van der Waals surface area contributed by atoms with E-state index < -0.39 is 4.92 Å². The third-order valence-corrected chi connectivity index (χ3v) is 1.84. The van der Waals surface area contributed by atoms with Gasteiger partial charge in [0.1, 0.15) is 0 Å². The van der Waals surface area contributed by atoms with E-state index in [-0.39, 0.29) is 0 Å². The summed E-state index contributed by atoms with van der Waals surface area (Å²) in [5.41, 5.74) is 0. The maximum absolute atomic E-state index is 10.2. The molecule has 0 aromatic rings. The lowest BCUT2D eigenvalue weighted by molar-refractivity contribution is -0.404. The van der Waals surface area contributed by atoms with Crippen LogP contribution in [0.4, 0.5) is 0 Å². The Kier molecular flexibility index (Phi) is 3.51. The first kappa shape index (κ1) is 9.79. The molecule has 1 N–H and O–H groups in total. The number of rotatable bonds is 3. The highest BCUT2D eigenvalue weighted by Crippen LogP contribution is 2.03. The normalized spacial score (nSPS) is 18.5. The summed E-state index contributed by atoms with van der Waals surface area (Å²) in [5, 5.41) is 13.0. The summed E-state index contributed by atoms with van der Waals surface area (Å²) >= 11 is 0. The van der Waals surface area contributed by atoms with Crippen LogP contribution in [0.3, 0.4) is 0 Å². The van der Waals surface area contributed by atoms with E-state index in [9.17, 15) is 10.1 Å². The molecule has 1 aliphatic rings. The fourth-order valence-electron chi connectivity index (χ4n) is 1.21. The van der Waals surface area contributed by atoms with Crippen LogP contribution >= 0.6 is 0 Å². The van der Waals surface area contributed by atoms with Gasteiger partial charge in [0.25, 0.3) is 6.20 Å². The number of morpholine rings is 1. The van der Waals surface area contributed by atoms with Crippen LogP contribution in [0.5, 0.6) is 0 Å². The van der Waals surface area contributed by atoms with Gasteiger partial charge < -0.3 is 15.0 Å². The standard InChI is InChI=1S/C7H13N3O3/c1-8-7(6-10(11)12)9-2-4-13-5-3-9/h6,8H,2-5H2,1H3. The lowest BCUT2D eigenvalue weighted by Crippen LogP contribution is -2.39. The van der Waals surface area contributed by atoms with Crippen molar-refractivity contribution in [1.82, 2.24) is 10.2 Å². The average Bonchev–Trinajstić information content (AvgIpc) is 2.15. The van der Waals surface area contributed by atoms with E-state index in [1.165, 1.54) is 0 Å². The molecule has 1 saturated heterocycles. The van der Waals surface area contributed by atoms with Gasteiger partial charge in [0, 0.05) is 20.1 Å². The first-order valence-corrected chi connectivity index (χ1v) is 4.10. The first-order valence-electron chi connectivity index (χ1n) is 4.10. The van der Waals surface area contributed by atoms with E-state index in [0.717, 1.165) is 6.20 Å². The molecule has 6 nitrogen and oxygen atoms in total. The summed E-state index contributed by atoms with van der Waals surface area (Å²) in [4.78, 5) is 11.7. The quantitative estimate of drug-likeness (QED) is 0.481. The Morgan fingerprint density at radius 1 is 1.62 bits per heavy atom. The molecule has 0 radical (unpaired) electrons. The van der Waals surface area contributed by atoms with E-state index in [4.69, 9.17) is 4.74 Å². The van der Waals surface area contributed by atoms with Crippen LogP contribution in [-0.4, -0.2) is 43.2 Å². The molecule has 1 fully saturated rings. The van der Waals surface area contributed by atoms with Crippen LogP contribution in [0.15, 0.2) is 12.0 Å².